The molecule has 19 heavy (non-hydrogen) atoms. The van der Waals surface area contributed by atoms with Gasteiger partial charge < -0.3 is 10.1 Å². The molecule has 0 atom stereocenters. The molecule has 2 aromatic rings. The molecule has 6 nitrogen and oxygen atoms in total. The van der Waals surface area contributed by atoms with Crippen molar-refractivity contribution in [1.29, 1.82) is 0 Å². The molecule has 1 fully saturated rings. The summed E-state index contributed by atoms with van der Waals surface area (Å²) in [5.41, 5.74) is 1.15. The van der Waals surface area contributed by atoms with Crippen LogP contribution in [-0.2, 0) is 13.1 Å². The summed E-state index contributed by atoms with van der Waals surface area (Å²) in [5, 5.41) is 15.3. The maximum absolute atomic E-state index is 5.14. The third kappa shape index (κ3) is 3.08. The molecule has 1 aromatic heterocycles. The van der Waals surface area contributed by atoms with Crippen molar-refractivity contribution in [3.8, 4) is 5.75 Å². The highest BCUT2D eigenvalue weighted by Gasteiger charge is 2.21. The molecule has 1 aliphatic carbocycles. The van der Waals surface area contributed by atoms with Crippen LogP contribution in [0.3, 0.4) is 0 Å². The Morgan fingerprint density at radius 1 is 1.32 bits per heavy atom. The fraction of sp³-hybridized carbons (Fsp3) is 0.462. The average Bonchev–Trinajstić information content (AvgIpc) is 3.18. The van der Waals surface area contributed by atoms with Crippen molar-refractivity contribution >= 4 is 0 Å². The Morgan fingerprint density at radius 2 is 2.11 bits per heavy atom. The Hall–Kier alpha value is -1.95. The number of aromatic nitrogens is 4. The van der Waals surface area contributed by atoms with E-state index in [9.17, 15) is 0 Å². The minimum Gasteiger partial charge on any atom is -0.497 e. The summed E-state index contributed by atoms with van der Waals surface area (Å²) in [6.07, 6.45) is 2.53. The molecule has 1 saturated carbocycles. The lowest BCUT2D eigenvalue weighted by Gasteiger charge is -2.06. The quantitative estimate of drug-likeness (QED) is 0.837. The number of methoxy groups -OCH3 is 1. The van der Waals surface area contributed by atoms with Crippen LogP contribution in [0.2, 0.25) is 0 Å². The second-order valence-electron chi connectivity index (χ2n) is 4.76. The summed E-state index contributed by atoms with van der Waals surface area (Å²) in [6, 6.07) is 8.60. The summed E-state index contributed by atoms with van der Waals surface area (Å²) in [7, 11) is 1.66. The number of hydrogen-bond donors (Lipinski definition) is 1. The minimum absolute atomic E-state index is 0.658. The molecule has 0 unspecified atom stereocenters. The van der Waals surface area contributed by atoms with Gasteiger partial charge in [-0.3, -0.25) is 0 Å². The highest BCUT2D eigenvalue weighted by Crippen LogP contribution is 2.19. The van der Waals surface area contributed by atoms with Gasteiger partial charge in [-0.05, 0) is 41.0 Å². The average molecular weight is 259 g/mol. The third-order valence-corrected chi connectivity index (χ3v) is 3.22. The van der Waals surface area contributed by atoms with E-state index in [-0.39, 0.29) is 0 Å². The molecule has 1 aromatic carbocycles. The number of benzene rings is 1. The second kappa shape index (κ2) is 5.36. The van der Waals surface area contributed by atoms with Crippen LogP contribution in [0.1, 0.15) is 24.2 Å². The molecule has 0 bridgehead atoms. The van der Waals surface area contributed by atoms with Gasteiger partial charge in [0.15, 0.2) is 5.82 Å². The molecule has 1 N–H and O–H groups in total. The van der Waals surface area contributed by atoms with Crippen LogP contribution in [-0.4, -0.2) is 33.4 Å². The molecule has 3 rings (SSSR count). The van der Waals surface area contributed by atoms with Gasteiger partial charge in [0, 0.05) is 6.04 Å². The van der Waals surface area contributed by atoms with E-state index in [4.69, 9.17) is 4.74 Å². The Bertz CT molecular complexity index is 532. The first-order chi connectivity index (χ1) is 9.35. The number of hydrogen-bond acceptors (Lipinski definition) is 5. The van der Waals surface area contributed by atoms with Crippen molar-refractivity contribution < 1.29 is 4.74 Å². The van der Waals surface area contributed by atoms with E-state index in [0.717, 1.165) is 23.7 Å². The number of ether oxygens (including phenoxy) is 1. The number of tetrazole rings is 1. The zero-order valence-corrected chi connectivity index (χ0v) is 10.9. The highest BCUT2D eigenvalue weighted by molar-refractivity contribution is 5.27. The topological polar surface area (TPSA) is 64.9 Å². The molecule has 100 valence electrons. The molecular formula is C13H17N5O. The van der Waals surface area contributed by atoms with Crippen LogP contribution in [0.15, 0.2) is 24.3 Å². The Kier molecular flexibility index (Phi) is 3.41. The summed E-state index contributed by atoms with van der Waals surface area (Å²) in [4.78, 5) is 0. The first-order valence-electron chi connectivity index (χ1n) is 6.46. The molecule has 0 saturated heterocycles. The van der Waals surface area contributed by atoms with Gasteiger partial charge in [0.1, 0.15) is 5.75 Å². The summed E-state index contributed by atoms with van der Waals surface area (Å²) >= 11 is 0. The van der Waals surface area contributed by atoms with Crippen LogP contribution in [0.25, 0.3) is 0 Å². The molecular weight excluding hydrogens is 242 g/mol. The van der Waals surface area contributed by atoms with E-state index in [1.807, 2.05) is 28.9 Å². The van der Waals surface area contributed by atoms with Crippen molar-refractivity contribution in [1.82, 2.24) is 25.5 Å². The Labute approximate surface area is 111 Å². The van der Waals surface area contributed by atoms with Crippen LogP contribution in [0, 0.1) is 0 Å². The first-order valence-corrected chi connectivity index (χ1v) is 6.46. The van der Waals surface area contributed by atoms with Gasteiger partial charge in [-0.2, -0.15) is 0 Å². The lowest BCUT2D eigenvalue weighted by molar-refractivity contribution is 0.414. The van der Waals surface area contributed by atoms with E-state index in [2.05, 4.69) is 20.8 Å². The predicted octanol–water partition coefficient (Wildman–Crippen LogP) is 0.982. The number of nitrogens with one attached hydrogen (secondary N) is 1. The van der Waals surface area contributed by atoms with Gasteiger partial charge in [-0.1, -0.05) is 12.1 Å². The van der Waals surface area contributed by atoms with Gasteiger partial charge in [-0.25, -0.2) is 4.68 Å². The van der Waals surface area contributed by atoms with Crippen LogP contribution >= 0.6 is 0 Å². The molecule has 1 heterocycles. The summed E-state index contributed by atoms with van der Waals surface area (Å²) < 4.78 is 6.97. The Balaban J connectivity index is 1.65. The largest absolute Gasteiger partial charge is 0.497 e. The molecule has 0 aliphatic heterocycles. The minimum atomic E-state index is 0.658. The zero-order chi connectivity index (χ0) is 13.1. The maximum atomic E-state index is 5.14. The summed E-state index contributed by atoms with van der Waals surface area (Å²) in [5.74, 6) is 1.74. The normalized spacial score (nSPS) is 14.6. The van der Waals surface area contributed by atoms with Crippen molar-refractivity contribution in [2.45, 2.75) is 32.0 Å². The molecule has 1 aliphatic rings. The first kappa shape index (κ1) is 12.1. The number of nitrogens with zero attached hydrogens (tertiary/aromatic N) is 4. The van der Waals surface area contributed by atoms with Crippen LogP contribution in [0.4, 0.5) is 0 Å². The predicted molar refractivity (Wildman–Crippen MR) is 69.8 cm³/mol. The standard InChI is InChI=1S/C13H17N5O/c1-19-12-6-2-10(3-7-12)9-18-13(15-16-17-18)8-14-11-4-5-11/h2-3,6-7,11,14H,4-5,8-9H2,1H3. The van der Waals surface area contributed by atoms with Crippen molar-refractivity contribution in [3.05, 3.63) is 35.7 Å². The van der Waals surface area contributed by atoms with Gasteiger partial charge >= 0.3 is 0 Å². The van der Waals surface area contributed by atoms with Crippen molar-refractivity contribution in [2.24, 2.45) is 0 Å². The van der Waals surface area contributed by atoms with E-state index in [1.165, 1.54) is 12.8 Å². The van der Waals surface area contributed by atoms with E-state index in [0.29, 0.717) is 12.6 Å². The van der Waals surface area contributed by atoms with E-state index in [1.54, 1.807) is 7.11 Å². The van der Waals surface area contributed by atoms with Crippen LogP contribution in [0.5, 0.6) is 5.75 Å². The molecule has 0 spiro atoms. The van der Waals surface area contributed by atoms with E-state index >= 15 is 0 Å². The van der Waals surface area contributed by atoms with Gasteiger partial charge in [0.25, 0.3) is 0 Å². The molecule has 0 amide bonds. The Morgan fingerprint density at radius 3 is 2.79 bits per heavy atom. The molecule has 6 heteroatoms. The third-order valence-electron chi connectivity index (χ3n) is 3.22. The SMILES string of the molecule is COc1ccc(Cn2nnnc2CNC2CC2)cc1. The molecule has 0 radical (unpaired) electrons. The number of rotatable bonds is 6. The van der Waals surface area contributed by atoms with Crippen molar-refractivity contribution in [2.75, 3.05) is 7.11 Å². The summed E-state index contributed by atoms with van der Waals surface area (Å²) in [6.45, 7) is 1.41. The van der Waals surface area contributed by atoms with E-state index < -0.39 is 0 Å². The smallest absolute Gasteiger partial charge is 0.165 e. The monoisotopic (exact) mass is 259 g/mol. The van der Waals surface area contributed by atoms with Gasteiger partial charge in [0.05, 0.1) is 20.2 Å². The highest BCUT2D eigenvalue weighted by atomic mass is 16.5. The van der Waals surface area contributed by atoms with Crippen molar-refractivity contribution in [3.63, 3.8) is 0 Å². The maximum Gasteiger partial charge on any atom is 0.165 e. The fourth-order valence-corrected chi connectivity index (χ4v) is 1.90. The zero-order valence-electron chi connectivity index (χ0n) is 10.9. The lowest BCUT2D eigenvalue weighted by atomic mass is 10.2. The second-order valence-corrected chi connectivity index (χ2v) is 4.76. The lowest BCUT2D eigenvalue weighted by Crippen LogP contribution is -2.19. The fourth-order valence-electron chi connectivity index (χ4n) is 1.90. The van der Waals surface area contributed by atoms with Crippen LogP contribution < -0.4 is 10.1 Å². The van der Waals surface area contributed by atoms with Gasteiger partial charge in [0.2, 0.25) is 0 Å². The van der Waals surface area contributed by atoms with Gasteiger partial charge in [-0.15, -0.1) is 5.10 Å².